The van der Waals surface area contributed by atoms with Crippen LogP contribution in [0.4, 0.5) is 0 Å². The summed E-state index contributed by atoms with van der Waals surface area (Å²) in [5.74, 6) is 0.180. The highest BCUT2D eigenvalue weighted by Gasteiger charge is 2.03. The van der Waals surface area contributed by atoms with Crippen LogP contribution in [0.2, 0.25) is 0 Å². The normalized spacial score (nSPS) is 16.3. The fraction of sp³-hybridized carbons (Fsp3) is 0.750. The Labute approximate surface area is 167 Å². The van der Waals surface area contributed by atoms with Crippen molar-refractivity contribution in [3.8, 4) is 0 Å². The van der Waals surface area contributed by atoms with Gasteiger partial charge in [0.2, 0.25) is 5.96 Å². The zero-order chi connectivity index (χ0) is 17.7. The van der Waals surface area contributed by atoms with Crippen molar-refractivity contribution >= 4 is 56.9 Å². The molecular weight excluding hydrogens is 518 g/mol. The van der Waals surface area contributed by atoms with Gasteiger partial charge < -0.3 is 16.2 Å². The van der Waals surface area contributed by atoms with E-state index in [-0.39, 0.29) is 5.96 Å². The van der Waals surface area contributed by atoms with Crippen LogP contribution in [-0.4, -0.2) is 37.4 Å². The number of aliphatic imine (C=N–C) groups is 1. The molecule has 134 valence electrons. The maximum atomic E-state index is 9.00. The minimum Gasteiger partial charge on any atom is -0.379 e. The molecule has 0 amide bonds. The van der Waals surface area contributed by atoms with Crippen molar-refractivity contribution < 1.29 is 5.11 Å². The van der Waals surface area contributed by atoms with Crippen LogP contribution in [0, 0.1) is 5.41 Å². The zero-order valence-corrected chi connectivity index (χ0v) is 18.4. The Morgan fingerprint density at radius 1 is 1.26 bits per heavy atom. The van der Waals surface area contributed by atoms with E-state index in [9.17, 15) is 0 Å². The predicted octanol–water partition coefficient (Wildman–Crippen LogP) is 3.77. The lowest BCUT2D eigenvalue weighted by Crippen LogP contribution is -2.25. The molecule has 0 fully saturated rings. The summed E-state index contributed by atoms with van der Waals surface area (Å²) in [6.07, 6.45) is 8.81. The molecule has 0 saturated heterocycles. The van der Waals surface area contributed by atoms with E-state index in [0.29, 0.717) is 20.8 Å². The van der Waals surface area contributed by atoms with Crippen molar-refractivity contribution in [3.05, 3.63) is 12.2 Å². The Morgan fingerprint density at radius 2 is 1.91 bits per heavy atom. The second-order valence-electron chi connectivity index (χ2n) is 5.67. The molecule has 0 aromatic carbocycles. The number of allylic oxidation sites excluding steroid dienone is 2. The maximum absolute atomic E-state index is 9.00. The van der Waals surface area contributed by atoms with Crippen molar-refractivity contribution in [3.63, 3.8) is 0 Å². The zero-order valence-electron chi connectivity index (χ0n) is 14.1. The quantitative estimate of drug-likeness (QED) is 0.0792. The summed E-state index contributed by atoms with van der Waals surface area (Å²) in [4.78, 5) is 4.38. The fourth-order valence-corrected chi connectivity index (χ4v) is 2.44. The van der Waals surface area contributed by atoms with Gasteiger partial charge in [-0.25, -0.2) is 4.99 Å². The van der Waals surface area contributed by atoms with Crippen LogP contribution >= 0.6 is 45.2 Å². The summed E-state index contributed by atoms with van der Waals surface area (Å²) in [5, 5.41) is 19.9. The molecule has 0 saturated carbocycles. The summed E-state index contributed by atoms with van der Waals surface area (Å²) in [5.41, 5.74) is 6.23. The monoisotopic (exact) mass is 548 g/mol. The lowest BCUT2D eigenvalue weighted by molar-refractivity contribution is 0.169. The molecular formula is C16H30I2N4O. The summed E-state index contributed by atoms with van der Waals surface area (Å²) >= 11 is 4.84. The molecule has 7 heteroatoms. The minimum atomic E-state index is -0.779. The van der Waals surface area contributed by atoms with Gasteiger partial charge in [0.1, 0.15) is 6.23 Å². The highest BCUT2D eigenvalue weighted by Crippen LogP contribution is 2.10. The first-order valence-electron chi connectivity index (χ1n) is 8.09. The number of nitrogens with zero attached hydrogens (tertiary/aromatic N) is 1. The molecule has 0 aromatic rings. The third kappa shape index (κ3) is 16.9. The molecule has 3 unspecified atom stereocenters. The second kappa shape index (κ2) is 14.6. The number of hydrogen-bond donors (Lipinski definition) is 4. The maximum Gasteiger partial charge on any atom is 0.215 e. The van der Waals surface area contributed by atoms with Crippen molar-refractivity contribution in [2.75, 3.05) is 6.54 Å². The molecule has 0 radical (unpaired) electrons. The van der Waals surface area contributed by atoms with Gasteiger partial charge in [-0.3, -0.25) is 5.41 Å². The Kier molecular flexibility index (Phi) is 14.8. The van der Waals surface area contributed by atoms with Gasteiger partial charge in [0.15, 0.2) is 0 Å². The molecule has 0 aliphatic carbocycles. The van der Waals surface area contributed by atoms with E-state index < -0.39 is 6.23 Å². The average molecular weight is 548 g/mol. The third-order valence-corrected chi connectivity index (χ3v) is 4.31. The van der Waals surface area contributed by atoms with Crippen LogP contribution in [0.1, 0.15) is 52.4 Å². The Hall–Kier alpha value is 0.260. The number of guanidine groups is 1. The van der Waals surface area contributed by atoms with Crippen LogP contribution in [0.3, 0.4) is 0 Å². The molecule has 23 heavy (non-hydrogen) atoms. The van der Waals surface area contributed by atoms with Crippen LogP contribution < -0.4 is 11.1 Å². The van der Waals surface area contributed by atoms with Gasteiger partial charge in [0.25, 0.3) is 0 Å². The summed E-state index contributed by atoms with van der Waals surface area (Å²) in [7, 11) is 0. The largest absolute Gasteiger partial charge is 0.379 e. The number of alkyl halides is 2. The third-order valence-electron chi connectivity index (χ3n) is 3.06. The first kappa shape index (κ1) is 23.3. The molecule has 0 rings (SSSR count). The fourth-order valence-electron chi connectivity index (χ4n) is 1.77. The van der Waals surface area contributed by atoms with Crippen LogP contribution in [-0.2, 0) is 0 Å². The lowest BCUT2D eigenvalue weighted by Gasteiger charge is -2.08. The van der Waals surface area contributed by atoms with Gasteiger partial charge in [-0.2, -0.15) is 0 Å². The molecule has 5 N–H and O–H groups in total. The number of nitrogens with one attached hydrogen (secondary N) is 2. The van der Waals surface area contributed by atoms with Crippen molar-refractivity contribution in [1.82, 2.24) is 5.32 Å². The molecule has 0 heterocycles. The van der Waals surface area contributed by atoms with E-state index >= 15 is 0 Å². The van der Waals surface area contributed by atoms with Crippen LogP contribution in [0.5, 0.6) is 0 Å². The Bertz CT molecular complexity index is 382. The van der Waals surface area contributed by atoms with E-state index in [1.807, 2.05) is 0 Å². The average Bonchev–Trinajstić information content (AvgIpc) is 2.44. The molecule has 0 aromatic heterocycles. The molecule has 5 nitrogen and oxygen atoms in total. The lowest BCUT2D eigenvalue weighted by atomic mass is 10.1. The van der Waals surface area contributed by atoms with Crippen molar-refractivity contribution in [1.29, 1.82) is 5.41 Å². The number of aliphatic hydroxyl groups excluding tert-OH is 1. The SMILES string of the molecule is CC(I)CC/C=C/C(CCC(C)I)=N\C(=N)NCCCC(N)O. The number of nitrogens with two attached hydrogens (primary N) is 1. The van der Waals surface area contributed by atoms with Crippen molar-refractivity contribution in [2.24, 2.45) is 10.7 Å². The first-order valence-corrected chi connectivity index (χ1v) is 10.6. The summed E-state index contributed by atoms with van der Waals surface area (Å²) in [6, 6.07) is 0. The molecule has 3 atom stereocenters. The van der Waals surface area contributed by atoms with Gasteiger partial charge in [-0.1, -0.05) is 65.1 Å². The first-order chi connectivity index (χ1) is 10.8. The second-order valence-corrected chi connectivity index (χ2v) is 9.92. The highest BCUT2D eigenvalue weighted by molar-refractivity contribution is 14.1. The Morgan fingerprint density at radius 3 is 2.48 bits per heavy atom. The van der Waals surface area contributed by atoms with Crippen LogP contribution in [0.15, 0.2) is 17.1 Å². The van der Waals surface area contributed by atoms with E-state index in [0.717, 1.165) is 37.8 Å². The van der Waals surface area contributed by atoms with E-state index in [1.165, 1.54) is 0 Å². The number of halogens is 2. The van der Waals surface area contributed by atoms with Crippen LogP contribution in [0.25, 0.3) is 0 Å². The molecule has 0 spiro atoms. The van der Waals surface area contributed by atoms with E-state index in [2.05, 4.69) is 81.5 Å². The molecule has 0 aliphatic heterocycles. The van der Waals surface area contributed by atoms with Gasteiger partial charge >= 0.3 is 0 Å². The van der Waals surface area contributed by atoms with E-state index in [1.54, 1.807) is 0 Å². The minimum absolute atomic E-state index is 0.180. The summed E-state index contributed by atoms with van der Waals surface area (Å²) < 4.78 is 1.26. The topological polar surface area (TPSA) is 94.5 Å². The highest BCUT2D eigenvalue weighted by atomic mass is 127. The van der Waals surface area contributed by atoms with Gasteiger partial charge in [-0.05, 0) is 44.6 Å². The predicted molar refractivity (Wildman–Crippen MR) is 117 cm³/mol. The summed E-state index contributed by atoms with van der Waals surface area (Å²) in [6.45, 7) is 4.99. The molecule has 0 bridgehead atoms. The molecule has 0 aliphatic rings. The number of rotatable bonds is 11. The van der Waals surface area contributed by atoms with E-state index in [4.69, 9.17) is 16.2 Å². The standard InChI is InChI=1S/C16H30I2N4O/c1-12(17)6-3-4-7-14(10-9-13(2)18)22-16(20)21-11-5-8-15(19)23/h4,7,12-13,15,23H,3,5-6,8-11,19H2,1-2H3,(H2,20,21)/b7-4+,22-14+. The van der Waals surface area contributed by atoms with Gasteiger partial charge in [-0.15, -0.1) is 0 Å². The number of hydrogen-bond acceptors (Lipinski definition) is 3. The Balaban J connectivity index is 4.41. The van der Waals surface area contributed by atoms with Crippen molar-refractivity contribution in [2.45, 2.75) is 66.4 Å². The smallest absolute Gasteiger partial charge is 0.215 e. The van der Waals surface area contributed by atoms with Gasteiger partial charge in [0.05, 0.1) is 0 Å². The number of aliphatic hydroxyl groups is 1. The van der Waals surface area contributed by atoms with Gasteiger partial charge in [0, 0.05) is 20.1 Å².